The van der Waals surface area contributed by atoms with E-state index >= 15 is 0 Å². The minimum absolute atomic E-state index is 0.0517. The van der Waals surface area contributed by atoms with Gasteiger partial charge in [0.1, 0.15) is 0 Å². The summed E-state index contributed by atoms with van der Waals surface area (Å²) < 4.78 is 10.3. The van der Waals surface area contributed by atoms with Crippen LogP contribution in [-0.2, 0) is 20.7 Å². The second-order valence-electron chi connectivity index (χ2n) is 5.03. The Morgan fingerprint density at radius 2 is 2.14 bits per heavy atom. The number of aryl methyl sites for hydroxylation is 1. The first kappa shape index (κ1) is 15.6. The van der Waals surface area contributed by atoms with Gasteiger partial charge in [-0.2, -0.15) is 0 Å². The van der Waals surface area contributed by atoms with Gasteiger partial charge in [-0.05, 0) is 30.5 Å². The molecule has 1 aliphatic rings. The maximum atomic E-state index is 11.4. The first-order valence-electron chi connectivity index (χ1n) is 7.23. The van der Waals surface area contributed by atoms with Gasteiger partial charge in [0.05, 0.1) is 24.6 Å². The van der Waals surface area contributed by atoms with Crippen molar-refractivity contribution >= 4 is 23.0 Å². The Morgan fingerprint density at radius 1 is 1.29 bits per heavy atom. The fourth-order valence-electron chi connectivity index (χ4n) is 2.24. The van der Waals surface area contributed by atoms with Crippen LogP contribution in [0.1, 0.15) is 18.4 Å². The van der Waals surface area contributed by atoms with E-state index in [0.29, 0.717) is 31.9 Å². The molecule has 0 aliphatic carbocycles. The van der Waals surface area contributed by atoms with Crippen LogP contribution < -0.4 is 16.4 Å². The predicted octanol–water partition coefficient (Wildman–Crippen LogP) is 1.62. The Morgan fingerprint density at radius 3 is 2.95 bits per heavy atom. The number of amides is 1. The van der Waals surface area contributed by atoms with Crippen molar-refractivity contribution < 1.29 is 14.3 Å². The molecule has 1 aliphatic heterocycles. The van der Waals surface area contributed by atoms with Gasteiger partial charge in [0, 0.05) is 32.4 Å². The van der Waals surface area contributed by atoms with Gasteiger partial charge >= 0.3 is 0 Å². The fraction of sp³-hybridized carbons (Fsp3) is 0.533. The lowest BCUT2D eigenvalue weighted by Gasteiger charge is -2.19. The standard InChI is InChI=1S/C15H23N3O3/c1-20-7-8-21-6-2-5-17-14-9-11-3-4-15(19)18-13(11)10-12(14)16/h9-10,17H,2-8,16H2,1H3,(H,18,19). The summed E-state index contributed by atoms with van der Waals surface area (Å²) in [6, 6.07) is 3.85. The van der Waals surface area contributed by atoms with Gasteiger partial charge in [-0.1, -0.05) is 0 Å². The molecule has 0 saturated heterocycles. The summed E-state index contributed by atoms with van der Waals surface area (Å²) in [6.45, 7) is 2.73. The van der Waals surface area contributed by atoms with Crippen molar-refractivity contribution in [1.29, 1.82) is 0 Å². The molecule has 1 amide bonds. The number of fused-ring (bicyclic) bond motifs is 1. The molecule has 1 aromatic carbocycles. The number of hydrogen-bond donors (Lipinski definition) is 3. The molecule has 0 fully saturated rings. The zero-order valence-corrected chi connectivity index (χ0v) is 12.4. The molecule has 6 heteroatoms. The van der Waals surface area contributed by atoms with Gasteiger partial charge in [-0.25, -0.2) is 0 Å². The van der Waals surface area contributed by atoms with Gasteiger partial charge < -0.3 is 25.8 Å². The molecule has 0 bridgehead atoms. The van der Waals surface area contributed by atoms with E-state index in [-0.39, 0.29) is 5.91 Å². The van der Waals surface area contributed by atoms with Gasteiger partial charge in [0.25, 0.3) is 0 Å². The van der Waals surface area contributed by atoms with Crippen molar-refractivity contribution in [3.8, 4) is 0 Å². The third-order valence-electron chi connectivity index (χ3n) is 3.38. The zero-order valence-electron chi connectivity index (χ0n) is 12.4. The number of nitrogen functional groups attached to an aromatic ring is 1. The summed E-state index contributed by atoms with van der Waals surface area (Å²) in [5, 5.41) is 6.16. The second kappa shape index (κ2) is 7.85. The monoisotopic (exact) mass is 293 g/mol. The van der Waals surface area contributed by atoms with Crippen LogP contribution in [0.4, 0.5) is 17.1 Å². The quantitative estimate of drug-likeness (QED) is 0.501. The summed E-state index contributed by atoms with van der Waals surface area (Å²) in [5.41, 5.74) is 9.53. The third-order valence-corrected chi connectivity index (χ3v) is 3.38. The molecule has 1 aromatic rings. The molecule has 1 heterocycles. The average molecular weight is 293 g/mol. The van der Waals surface area contributed by atoms with Crippen molar-refractivity contribution in [2.24, 2.45) is 0 Å². The van der Waals surface area contributed by atoms with Crippen molar-refractivity contribution in [2.75, 3.05) is 49.8 Å². The Balaban J connectivity index is 1.80. The van der Waals surface area contributed by atoms with E-state index < -0.39 is 0 Å². The normalized spacial score (nSPS) is 13.7. The van der Waals surface area contributed by atoms with E-state index in [1.165, 1.54) is 0 Å². The van der Waals surface area contributed by atoms with Crippen LogP contribution >= 0.6 is 0 Å². The van der Waals surface area contributed by atoms with E-state index in [1.54, 1.807) is 7.11 Å². The summed E-state index contributed by atoms with van der Waals surface area (Å²) in [4.78, 5) is 11.4. The van der Waals surface area contributed by atoms with Crippen LogP contribution in [-0.4, -0.2) is 39.4 Å². The number of carbonyl (C=O) groups is 1. The number of nitrogens with two attached hydrogens (primary N) is 1. The molecule has 0 unspecified atom stereocenters. The number of carbonyl (C=O) groups excluding carboxylic acids is 1. The largest absolute Gasteiger partial charge is 0.397 e. The van der Waals surface area contributed by atoms with Crippen LogP contribution in [0.25, 0.3) is 0 Å². The maximum absolute atomic E-state index is 11.4. The Kier molecular flexibility index (Phi) is 5.83. The molecule has 0 aromatic heterocycles. The Labute approximate surface area is 125 Å². The molecule has 2 rings (SSSR count). The fourth-order valence-corrected chi connectivity index (χ4v) is 2.24. The molecule has 0 atom stereocenters. The lowest BCUT2D eigenvalue weighted by Crippen LogP contribution is -2.19. The van der Waals surface area contributed by atoms with Crippen molar-refractivity contribution in [1.82, 2.24) is 0 Å². The lowest BCUT2D eigenvalue weighted by molar-refractivity contribution is -0.116. The van der Waals surface area contributed by atoms with Crippen LogP contribution in [0.5, 0.6) is 0 Å². The van der Waals surface area contributed by atoms with Gasteiger partial charge in [-0.15, -0.1) is 0 Å². The summed E-state index contributed by atoms with van der Waals surface area (Å²) in [5.74, 6) is 0.0517. The predicted molar refractivity (Wildman–Crippen MR) is 83.6 cm³/mol. The number of anilines is 3. The summed E-state index contributed by atoms with van der Waals surface area (Å²) >= 11 is 0. The highest BCUT2D eigenvalue weighted by atomic mass is 16.5. The molecule has 0 saturated carbocycles. The first-order chi connectivity index (χ1) is 10.2. The number of nitrogens with one attached hydrogen (secondary N) is 2. The van der Waals surface area contributed by atoms with Crippen LogP contribution in [0.2, 0.25) is 0 Å². The first-order valence-corrected chi connectivity index (χ1v) is 7.23. The van der Waals surface area contributed by atoms with Gasteiger partial charge in [0.2, 0.25) is 5.91 Å². The number of ether oxygens (including phenoxy) is 2. The number of hydrogen-bond acceptors (Lipinski definition) is 5. The van der Waals surface area contributed by atoms with Crippen molar-refractivity contribution in [3.63, 3.8) is 0 Å². The highest BCUT2D eigenvalue weighted by Gasteiger charge is 2.16. The third kappa shape index (κ3) is 4.61. The molecule has 4 N–H and O–H groups in total. The van der Waals surface area contributed by atoms with E-state index in [0.717, 1.165) is 36.3 Å². The van der Waals surface area contributed by atoms with E-state index in [4.69, 9.17) is 15.2 Å². The number of benzene rings is 1. The second-order valence-corrected chi connectivity index (χ2v) is 5.03. The van der Waals surface area contributed by atoms with E-state index in [9.17, 15) is 4.79 Å². The van der Waals surface area contributed by atoms with Crippen molar-refractivity contribution in [2.45, 2.75) is 19.3 Å². The zero-order chi connectivity index (χ0) is 15.1. The highest BCUT2D eigenvalue weighted by molar-refractivity contribution is 5.95. The smallest absolute Gasteiger partial charge is 0.224 e. The highest BCUT2D eigenvalue weighted by Crippen LogP contribution is 2.30. The van der Waals surface area contributed by atoms with Crippen LogP contribution in [0.15, 0.2) is 12.1 Å². The average Bonchev–Trinajstić information content (AvgIpc) is 2.47. The SMILES string of the molecule is COCCOCCCNc1cc2c(cc1N)NC(=O)CC2. The maximum Gasteiger partial charge on any atom is 0.224 e. The number of methoxy groups -OCH3 is 1. The van der Waals surface area contributed by atoms with E-state index in [1.807, 2.05) is 12.1 Å². The van der Waals surface area contributed by atoms with Gasteiger partial charge in [-0.3, -0.25) is 4.79 Å². The van der Waals surface area contributed by atoms with Gasteiger partial charge in [0.15, 0.2) is 0 Å². The molecule has 6 nitrogen and oxygen atoms in total. The number of rotatable bonds is 8. The van der Waals surface area contributed by atoms with Crippen LogP contribution in [0, 0.1) is 0 Å². The Hall–Kier alpha value is -1.79. The molecular weight excluding hydrogens is 270 g/mol. The molecule has 0 spiro atoms. The molecular formula is C15H23N3O3. The molecule has 116 valence electrons. The minimum atomic E-state index is 0.0517. The topological polar surface area (TPSA) is 85.6 Å². The minimum Gasteiger partial charge on any atom is -0.397 e. The van der Waals surface area contributed by atoms with Crippen LogP contribution in [0.3, 0.4) is 0 Å². The lowest BCUT2D eigenvalue weighted by atomic mass is 10.0. The van der Waals surface area contributed by atoms with E-state index in [2.05, 4.69) is 10.6 Å². The van der Waals surface area contributed by atoms with Crippen molar-refractivity contribution in [3.05, 3.63) is 17.7 Å². The summed E-state index contributed by atoms with van der Waals surface area (Å²) in [6.07, 6.45) is 2.19. The molecule has 0 radical (unpaired) electrons. The Bertz CT molecular complexity index is 491. The molecule has 21 heavy (non-hydrogen) atoms. The summed E-state index contributed by atoms with van der Waals surface area (Å²) in [7, 11) is 1.66.